The number of hydrogen-bond acceptors (Lipinski definition) is 4. The molecule has 16 heavy (non-hydrogen) atoms. The maximum atomic E-state index is 10.9. The first-order valence-electron chi connectivity index (χ1n) is 4.82. The molecular weight excluding hydrogens is 225 g/mol. The normalized spacial score (nSPS) is 11.9. The Kier molecular flexibility index (Phi) is 10.3. The molecule has 0 rings (SSSR count). The van der Waals surface area contributed by atoms with Crippen molar-refractivity contribution in [3.63, 3.8) is 0 Å². The smallest absolute Gasteiger partial charge is 0.325 e. The molecule has 0 amide bonds. The Morgan fingerprint density at radius 1 is 1.56 bits per heavy atom. The minimum atomic E-state index is -0.540. The summed E-state index contributed by atoms with van der Waals surface area (Å²) in [6.07, 6.45) is 3.06. The van der Waals surface area contributed by atoms with Gasteiger partial charge >= 0.3 is 5.97 Å². The maximum absolute atomic E-state index is 10.9. The minimum absolute atomic E-state index is 0.221. The number of aliphatic hydroxyl groups is 1. The number of aliphatic hydroxyl groups excluding tert-OH is 1. The number of hydrogen-bond donors (Lipinski definition) is 2. The molecular formula is C11H22NO3P. The second-order valence-electron chi connectivity index (χ2n) is 3.54. The van der Waals surface area contributed by atoms with Crippen LogP contribution in [0.1, 0.15) is 20.8 Å². The lowest BCUT2D eigenvalue weighted by Crippen LogP contribution is -2.43. The van der Waals surface area contributed by atoms with Crippen LogP contribution in [0.5, 0.6) is 0 Å². The summed E-state index contributed by atoms with van der Waals surface area (Å²) in [5, 5.41) is 11.4. The molecule has 4 nitrogen and oxygen atoms in total. The molecule has 0 saturated carbocycles. The monoisotopic (exact) mass is 247 g/mol. The number of carbonyl (C=O) groups excluding carboxylic acids is 1. The zero-order chi connectivity index (χ0) is 13.2. The average Bonchev–Trinajstić information content (AvgIpc) is 2.17. The summed E-state index contributed by atoms with van der Waals surface area (Å²) in [5.74, 6) is 0.0758. The Bertz CT molecular complexity index is 246. The van der Waals surface area contributed by atoms with Crippen molar-refractivity contribution in [2.24, 2.45) is 0 Å². The molecule has 0 radical (unpaired) electrons. The van der Waals surface area contributed by atoms with Crippen LogP contribution in [0, 0.1) is 0 Å². The molecule has 5 heteroatoms. The topological polar surface area (TPSA) is 58.6 Å². The lowest BCUT2D eigenvalue weighted by molar-refractivity contribution is -0.146. The Labute approximate surface area is 99.6 Å². The molecule has 0 aliphatic heterocycles. The van der Waals surface area contributed by atoms with Crippen molar-refractivity contribution in [3.8, 4) is 0 Å². The van der Waals surface area contributed by atoms with Crippen molar-refractivity contribution in [2.45, 2.75) is 26.3 Å². The van der Waals surface area contributed by atoms with Crippen LogP contribution in [-0.4, -0.2) is 30.4 Å². The van der Waals surface area contributed by atoms with E-state index in [0.717, 1.165) is 0 Å². The van der Waals surface area contributed by atoms with Crippen LogP contribution in [-0.2, 0) is 9.53 Å². The van der Waals surface area contributed by atoms with E-state index >= 15 is 0 Å². The van der Waals surface area contributed by atoms with E-state index in [1.165, 1.54) is 19.3 Å². The number of rotatable bonds is 4. The molecule has 0 bridgehead atoms. The van der Waals surface area contributed by atoms with E-state index in [9.17, 15) is 4.79 Å². The summed E-state index contributed by atoms with van der Waals surface area (Å²) in [6.45, 7) is 10.5. The van der Waals surface area contributed by atoms with E-state index in [1.54, 1.807) is 20.8 Å². The fraction of sp³-hybridized carbons (Fsp3) is 0.545. The molecule has 2 N–H and O–H groups in total. The van der Waals surface area contributed by atoms with E-state index in [1.807, 2.05) is 6.66 Å². The zero-order valence-corrected chi connectivity index (χ0v) is 11.6. The maximum Gasteiger partial charge on any atom is 0.325 e. The summed E-state index contributed by atoms with van der Waals surface area (Å²) in [5.41, 5.74) is -0.540. The quantitative estimate of drug-likeness (QED) is 0.346. The number of methoxy groups -OCH3 is 1. The molecule has 0 heterocycles. The van der Waals surface area contributed by atoms with Gasteiger partial charge in [-0.3, -0.25) is 9.88 Å². The van der Waals surface area contributed by atoms with Crippen molar-refractivity contribution in [3.05, 3.63) is 24.5 Å². The first kappa shape index (κ1) is 17.5. The molecule has 0 aliphatic rings. The predicted molar refractivity (Wildman–Crippen MR) is 70.1 cm³/mol. The largest absolute Gasteiger partial charge is 0.513 e. The van der Waals surface area contributed by atoms with Crippen molar-refractivity contribution < 1.29 is 14.6 Å². The lowest BCUT2D eigenvalue weighted by atomic mass is 10.1. The summed E-state index contributed by atoms with van der Waals surface area (Å²) in [6, 6.07) is 0. The molecule has 0 saturated heterocycles. The van der Waals surface area contributed by atoms with Crippen molar-refractivity contribution >= 4 is 14.7 Å². The summed E-state index contributed by atoms with van der Waals surface area (Å²) < 4.78 is 4.57. The Hall–Kier alpha value is -0.860. The molecule has 0 aromatic heterocycles. The summed E-state index contributed by atoms with van der Waals surface area (Å²) >= 11 is 0. The van der Waals surface area contributed by atoms with Gasteiger partial charge in [-0.05, 0) is 33.5 Å². The number of nitrogens with one attached hydrogen (secondary N) is 1. The third-order valence-electron chi connectivity index (χ3n) is 1.49. The second kappa shape index (κ2) is 9.37. The summed E-state index contributed by atoms with van der Waals surface area (Å²) in [7, 11) is 1.95. The highest BCUT2D eigenvalue weighted by Gasteiger charge is 2.26. The Morgan fingerprint density at radius 3 is 2.25 bits per heavy atom. The molecule has 0 spiro atoms. The first-order valence-corrected chi connectivity index (χ1v) is 6.32. The van der Waals surface area contributed by atoms with Crippen LogP contribution in [0.15, 0.2) is 24.5 Å². The summed E-state index contributed by atoms with van der Waals surface area (Å²) in [4.78, 5) is 10.9. The van der Waals surface area contributed by atoms with Gasteiger partial charge in [0.15, 0.2) is 0 Å². The Morgan fingerprint density at radius 2 is 2.06 bits per heavy atom. The van der Waals surface area contributed by atoms with Crippen molar-refractivity contribution in [2.75, 3.05) is 13.8 Å². The van der Waals surface area contributed by atoms with Gasteiger partial charge in [-0.2, -0.15) is 0 Å². The van der Waals surface area contributed by atoms with E-state index < -0.39 is 5.54 Å². The van der Waals surface area contributed by atoms with Gasteiger partial charge in [-0.25, -0.2) is 0 Å². The number of allylic oxidation sites excluding steroid dienone is 3. The second-order valence-corrected chi connectivity index (χ2v) is 4.29. The van der Waals surface area contributed by atoms with Crippen LogP contribution >= 0.6 is 8.73 Å². The van der Waals surface area contributed by atoms with E-state index in [0.29, 0.717) is 14.5 Å². The molecule has 0 aromatic carbocycles. The predicted octanol–water partition coefficient (Wildman–Crippen LogP) is 2.39. The highest BCUT2D eigenvalue weighted by atomic mass is 31.1. The number of ether oxygens (including phenoxy) is 1. The molecule has 94 valence electrons. The number of esters is 1. The number of carbonyl (C=O) groups is 1. The average molecular weight is 247 g/mol. The van der Waals surface area contributed by atoms with E-state index in [2.05, 4.69) is 16.4 Å². The highest BCUT2D eigenvalue weighted by Crippen LogP contribution is 2.10. The molecule has 0 aromatic rings. The highest BCUT2D eigenvalue weighted by molar-refractivity contribution is 7.34. The first-order chi connectivity index (χ1) is 7.31. The van der Waals surface area contributed by atoms with Crippen LogP contribution in [0.3, 0.4) is 0 Å². The third-order valence-corrected chi connectivity index (χ3v) is 2.37. The molecule has 1 unspecified atom stereocenters. The van der Waals surface area contributed by atoms with Gasteiger partial charge in [-0.15, -0.1) is 0 Å². The van der Waals surface area contributed by atoms with Gasteiger partial charge < -0.3 is 9.84 Å². The van der Waals surface area contributed by atoms with Gasteiger partial charge in [0, 0.05) is 0 Å². The van der Waals surface area contributed by atoms with Crippen molar-refractivity contribution in [1.29, 1.82) is 0 Å². The lowest BCUT2D eigenvalue weighted by Gasteiger charge is -2.21. The third kappa shape index (κ3) is 9.69. The van der Waals surface area contributed by atoms with E-state index in [-0.39, 0.29) is 5.97 Å². The van der Waals surface area contributed by atoms with Gasteiger partial charge in [0.2, 0.25) is 0 Å². The zero-order valence-electron chi connectivity index (χ0n) is 10.6. The van der Waals surface area contributed by atoms with Gasteiger partial charge in [-0.1, -0.05) is 21.4 Å². The van der Waals surface area contributed by atoms with Gasteiger partial charge in [0.05, 0.1) is 12.9 Å². The standard InChI is InChI=1S/C6H14NO2P.C5H8O/c1-6(2,7-10-4)5(8)9-3;1-3-4-5(2)6/h7,10H,1-4H3;3-4,6H,1H2,2H3/b;5-4+. The van der Waals surface area contributed by atoms with Gasteiger partial charge in [0.1, 0.15) is 5.54 Å². The van der Waals surface area contributed by atoms with Crippen LogP contribution in [0.25, 0.3) is 0 Å². The van der Waals surface area contributed by atoms with Crippen molar-refractivity contribution in [1.82, 2.24) is 5.09 Å². The van der Waals surface area contributed by atoms with Crippen LogP contribution in [0.4, 0.5) is 0 Å². The molecule has 1 atom stereocenters. The molecule has 0 fully saturated rings. The minimum Gasteiger partial charge on any atom is -0.513 e. The van der Waals surface area contributed by atoms with Crippen LogP contribution in [0.2, 0.25) is 0 Å². The fourth-order valence-electron chi connectivity index (χ4n) is 0.789. The fourth-order valence-corrected chi connectivity index (χ4v) is 1.52. The Balaban J connectivity index is 0. The SMILES string of the molecule is C=C/C=C(\C)O.COC(=O)C(C)(C)NPC. The van der Waals surface area contributed by atoms with E-state index in [4.69, 9.17) is 5.11 Å². The van der Waals surface area contributed by atoms with Gasteiger partial charge in [0.25, 0.3) is 0 Å². The van der Waals surface area contributed by atoms with Crippen LogP contribution < -0.4 is 5.09 Å². The molecule has 0 aliphatic carbocycles.